The van der Waals surface area contributed by atoms with Crippen LogP contribution in [0.25, 0.3) is 0 Å². The highest BCUT2D eigenvalue weighted by atomic mass is 16.4. The molecular weight excluding hydrogens is 220 g/mol. The van der Waals surface area contributed by atoms with Gasteiger partial charge in [0.05, 0.1) is 11.5 Å². The lowest BCUT2D eigenvalue weighted by Crippen LogP contribution is -2.53. The summed E-state index contributed by atoms with van der Waals surface area (Å²) < 4.78 is 0. The second-order valence-electron chi connectivity index (χ2n) is 5.29. The normalized spacial score (nSPS) is 25.1. The Morgan fingerprint density at radius 3 is 2.41 bits per heavy atom. The van der Waals surface area contributed by atoms with Crippen LogP contribution in [0, 0.1) is 11.8 Å². The molecule has 1 amide bonds. The lowest BCUT2D eigenvalue weighted by atomic mass is 9.99. The van der Waals surface area contributed by atoms with Crippen molar-refractivity contribution in [3.63, 3.8) is 0 Å². The minimum absolute atomic E-state index is 0.0186. The van der Waals surface area contributed by atoms with E-state index in [2.05, 4.69) is 5.32 Å². The molecule has 0 saturated carbocycles. The van der Waals surface area contributed by atoms with Crippen LogP contribution in [-0.4, -0.2) is 47.1 Å². The number of likely N-dealkylation sites (N-methyl/N-ethyl adjacent to an activating group) is 1. The molecular formula is C12H22N2O3. The maximum absolute atomic E-state index is 12.2. The van der Waals surface area contributed by atoms with Gasteiger partial charge in [0.1, 0.15) is 0 Å². The maximum atomic E-state index is 12.2. The van der Waals surface area contributed by atoms with E-state index in [0.717, 1.165) is 0 Å². The van der Waals surface area contributed by atoms with Gasteiger partial charge in [-0.3, -0.25) is 9.59 Å². The molecule has 1 rings (SSSR count). The van der Waals surface area contributed by atoms with Gasteiger partial charge in [0.15, 0.2) is 0 Å². The number of amides is 1. The number of nitrogens with one attached hydrogen (secondary N) is 1. The zero-order valence-electron chi connectivity index (χ0n) is 11.0. The first-order valence-corrected chi connectivity index (χ1v) is 6.06. The molecule has 1 fully saturated rings. The maximum Gasteiger partial charge on any atom is 0.308 e. The van der Waals surface area contributed by atoms with Crippen LogP contribution in [0.15, 0.2) is 0 Å². The van der Waals surface area contributed by atoms with E-state index in [-0.39, 0.29) is 11.8 Å². The smallest absolute Gasteiger partial charge is 0.308 e. The van der Waals surface area contributed by atoms with Crippen molar-refractivity contribution in [1.82, 2.24) is 10.2 Å². The molecule has 5 nitrogen and oxygen atoms in total. The van der Waals surface area contributed by atoms with Gasteiger partial charge < -0.3 is 15.3 Å². The molecule has 0 aliphatic carbocycles. The van der Waals surface area contributed by atoms with Crippen molar-refractivity contribution >= 4 is 11.9 Å². The molecule has 1 heterocycles. The minimum Gasteiger partial charge on any atom is -0.481 e. The van der Waals surface area contributed by atoms with E-state index in [1.165, 1.54) is 0 Å². The molecule has 0 bridgehead atoms. The Bertz CT molecular complexity index is 315. The van der Waals surface area contributed by atoms with Crippen molar-refractivity contribution < 1.29 is 14.7 Å². The molecule has 2 atom stereocenters. The molecule has 5 heteroatoms. The first-order chi connectivity index (χ1) is 7.79. The average molecular weight is 242 g/mol. The zero-order valence-corrected chi connectivity index (χ0v) is 11.0. The monoisotopic (exact) mass is 242 g/mol. The van der Waals surface area contributed by atoms with Gasteiger partial charge in [0.25, 0.3) is 0 Å². The Hall–Kier alpha value is -1.10. The van der Waals surface area contributed by atoms with Gasteiger partial charge >= 0.3 is 5.97 Å². The number of aliphatic carboxylic acids is 1. The standard InChI is InChI=1S/C12H22N2O3/c1-5-13-12(3,4)11(17)14-6-8(2)9(7-14)10(15)16/h8-9,13H,5-7H2,1-4H3,(H,15,16)/t8-,9-/m1/s1. The Morgan fingerprint density at radius 2 is 2.00 bits per heavy atom. The van der Waals surface area contributed by atoms with Crippen LogP contribution < -0.4 is 5.32 Å². The highest BCUT2D eigenvalue weighted by Gasteiger charge is 2.41. The van der Waals surface area contributed by atoms with E-state index in [9.17, 15) is 9.59 Å². The number of rotatable bonds is 4. The Labute approximate surface area is 102 Å². The summed E-state index contributed by atoms with van der Waals surface area (Å²) >= 11 is 0. The SMILES string of the molecule is CCNC(C)(C)C(=O)N1C[C@@H](C)[C@H](C(=O)O)C1. The first kappa shape index (κ1) is 14.0. The molecule has 1 saturated heterocycles. The van der Waals surface area contributed by atoms with E-state index in [1.807, 2.05) is 27.7 Å². The summed E-state index contributed by atoms with van der Waals surface area (Å²) in [6.45, 7) is 9.06. The Balaban J connectivity index is 2.70. The molecule has 2 N–H and O–H groups in total. The molecule has 0 spiro atoms. The van der Waals surface area contributed by atoms with Crippen molar-refractivity contribution in [2.24, 2.45) is 11.8 Å². The fraction of sp³-hybridized carbons (Fsp3) is 0.833. The molecule has 1 aliphatic rings. The van der Waals surface area contributed by atoms with Gasteiger partial charge in [-0.25, -0.2) is 0 Å². The number of likely N-dealkylation sites (tertiary alicyclic amines) is 1. The number of nitrogens with zero attached hydrogens (tertiary/aromatic N) is 1. The molecule has 0 aromatic rings. The van der Waals surface area contributed by atoms with Crippen LogP contribution >= 0.6 is 0 Å². The quantitative estimate of drug-likeness (QED) is 0.755. The van der Waals surface area contributed by atoms with Crippen molar-refractivity contribution in [2.75, 3.05) is 19.6 Å². The topological polar surface area (TPSA) is 69.6 Å². The first-order valence-electron chi connectivity index (χ1n) is 6.06. The van der Waals surface area contributed by atoms with Crippen LogP contribution in [0.2, 0.25) is 0 Å². The number of carbonyl (C=O) groups excluding carboxylic acids is 1. The number of carboxylic acid groups (broad SMARTS) is 1. The number of carboxylic acids is 1. The van der Waals surface area contributed by atoms with Crippen LogP contribution in [-0.2, 0) is 9.59 Å². The molecule has 17 heavy (non-hydrogen) atoms. The third kappa shape index (κ3) is 2.97. The Kier molecular flexibility index (Phi) is 4.14. The highest BCUT2D eigenvalue weighted by molar-refractivity contribution is 5.86. The summed E-state index contributed by atoms with van der Waals surface area (Å²) in [5.41, 5.74) is -0.623. The van der Waals surface area contributed by atoms with Gasteiger partial charge in [-0.15, -0.1) is 0 Å². The fourth-order valence-corrected chi connectivity index (χ4v) is 2.37. The van der Waals surface area contributed by atoms with Crippen LogP contribution in [0.4, 0.5) is 0 Å². The molecule has 0 aromatic carbocycles. The van der Waals surface area contributed by atoms with E-state index < -0.39 is 17.4 Å². The van der Waals surface area contributed by atoms with Crippen molar-refractivity contribution in [1.29, 1.82) is 0 Å². The van der Waals surface area contributed by atoms with Crippen LogP contribution in [0.3, 0.4) is 0 Å². The molecule has 0 radical (unpaired) electrons. The molecule has 0 unspecified atom stereocenters. The summed E-state index contributed by atoms with van der Waals surface area (Å²) in [6, 6.07) is 0. The number of carbonyl (C=O) groups is 2. The summed E-state index contributed by atoms with van der Waals surface area (Å²) in [7, 11) is 0. The summed E-state index contributed by atoms with van der Waals surface area (Å²) in [5, 5.41) is 12.2. The van der Waals surface area contributed by atoms with Gasteiger partial charge in [-0.1, -0.05) is 13.8 Å². The fourth-order valence-electron chi connectivity index (χ4n) is 2.37. The summed E-state index contributed by atoms with van der Waals surface area (Å²) in [4.78, 5) is 24.9. The van der Waals surface area contributed by atoms with Crippen molar-refractivity contribution in [3.05, 3.63) is 0 Å². The number of hydrogen-bond donors (Lipinski definition) is 2. The molecule has 0 aromatic heterocycles. The molecule has 98 valence electrons. The van der Waals surface area contributed by atoms with Crippen LogP contribution in [0.1, 0.15) is 27.7 Å². The van der Waals surface area contributed by atoms with Gasteiger partial charge in [0.2, 0.25) is 5.91 Å². The summed E-state index contributed by atoms with van der Waals surface area (Å²) in [5.74, 6) is -1.24. The Morgan fingerprint density at radius 1 is 1.41 bits per heavy atom. The number of hydrogen-bond acceptors (Lipinski definition) is 3. The largest absolute Gasteiger partial charge is 0.481 e. The third-order valence-corrected chi connectivity index (χ3v) is 3.37. The second-order valence-corrected chi connectivity index (χ2v) is 5.29. The van der Waals surface area contributed by atoms with Crippen molar-refractivity contribution in [2.45, 2.75) is 33.2 Å². The molecule has 1 aliphatic heterocycles. The third-order valence-electron chi connectivity index (χ3n) is 3.37. The van der Waals surface area contributed by atoms with E-state index in [1.54, 1.807) is 4.90 Å². The second kappa shape index (κ2) is 5.04. The summed E-state index contributed by atoms with van der Waals surface area (Å²) in [6.07, 6.45) is 0. The highest BCUT2D eigenvalue weighted by Crippen LogP contribution is 2.25. The van der Waals surface area contributed by atoms with Gasteiger partial charge in [-0.05, 0) is 26.3 Å². The van der Waals surface area contributed by atoms with E-state index >= 15 is 0 Å². The lowest BCUT2D eigenvalue weighted by Gasteiger charge is -2.29. The minimum atomic E-state index is -0.811. The van der Waals surface area contributed by atoms with Crippen LogP contribution in [0.5, 0.6) is 0 Å². The van der Waals surface area contributed by atoms with Crippen molar-refractivity contribution in [3.8, 4) is 0 Å². The zero-order chi connectivity index (χ0) is 13.2. The van der Waals surface area contributed by atoms with E-state index in [4.69, 9.17) is 5.11 Å². The van der Waals surface area contributed by atoms with Gasteiger partial charge in [-0.2, -0.15) is 0 Å². The predicted molar refractivity (Wildman–Crippen MR) is 64.6 cm³/mol. The predicted octanol–water partition coefficient (Wildman–Crippen LogP) is 0.554. The van der Waals surface area contributed by atoms with E-state index in [0.29, 0.717) is 19.6 Å². The van der Waals surface area contributed by atoms with Gasteiger partial charge in [0, 0.05) is 13.1 Å². The average Bonchev–Trinajstić information content (AvgIpc) is 2.59. The lowest BCUT2D eigenvalue weighted by molar-refractivity contribution is -0.142.